The Kier molecular flexibility index (Phi) is 11.3. The quantitative estimate of drug-likeness (QED) is 0.0527. The lowest BCUT2D eigenvalue weighted by atomic mass is 10.0. The zero-order valence-corrected chi connectivity index (χ0v) is 28.5. The van der Waals surface area contributed by atoms with Crippen LogP contribution in [0.5, 0.6) is 34.5 Å². The normalized spacial score (nSPS) is 11.0. The van der Waals surface area contributed by atoms with Crippen molar-refractivity contribution >= 4 is 40.6 Å². The molecule has 5 aromatic rings. The number of fused-ring (bicyclic) bond motifs is 1. The Hall–Kier alpha value is -5.68. The molecule has 0 saturated carbocycles. The van der Waals surface area contributed by atoms with Gasteiger partial charge in [0, 0.05) is 16.1 Å². The number of hydrogen-bond acceptors (Lipinski definition) is 9. The van der Waals surface area contributed by atoms with E-state index in [1.54, 1.807) is 68.8 Å². The molecule has 0 atom stereocenters. The topological polar surface area (TPSA) is 130 Å². The second-order valence-corrected chi connectivity index (χ2v) is 10.7. The van der Waals surface area contributed by atoms with Crippen molar-refractivity contribution in [2.45, 2.75) is 20.8 Å². The molecular weight excluding hydrogens is 650 g/mol. The lowest BCUT2D eigenvalue weighted by molar-refractivity contribution is 0.0727. The van der Waals surface area contributed by atoms with Crippen molar-refractivity contribution in [2.75, 3.05) is 34.0 Å². The van der Waals surface area contributed by atoms with Crippen LogP contribution in [0.15, 0.2) is 77.9 Å². The summed E-state index contributed by atoms with van der Waals surface area (Å²) in [6, 6.07) is 20.5. The molecule has 0 bridgehead atoms. The van der Waals surface area contributed by atoms with Gasteiger partial charge in [0.25, 0.3) is 5.91 Å². The first kappa shape index (κ1) is 34.6. The number of nitrogens with zero attached hydrogens (tertiary/aromatic N) is 1. The molecule has 49 heavy (non-hydrogen) atoms. The van der Waals surface area contributed by atoms with E-state index in [1.807, 2.05) is 39.0 Å². The molecule has 0 saturated heterocycles. The van der Waals surface area contributed by atoms with Gasteiger partial charge in [-0.1, -0.05) is 29.8 Å². The van der Waals surface area contributed by atoms with E-state index in [0.717, 1.165) is 0 Å². The van der Waals surface area contributed by atoms with Crippen LogP contribution < -0.4 is 33.8 Å². The Balaban J connectivity index is 1.40. The van der Waals surface area contributed by atoms with Crippen LogP contribution in [0, 0.1) is 0 Å². The zero-order valence-electron chi connectivity index (χ0n) is 27.7. The molecule has 0 spiro atoms. The first-order valence-electron chi connectivity index (χ1n) is 15.6. The van der Waals surface area contributed by atoms with Crippen molar-refractivity contribution in [3.8, 4) is 45.6 Å². The number of amides is 1. The molecule has 4 aromatic carbocycles. The summed E-state index contributed by atoms with van der Waals surface area (Å²) >= 11 is 6.60. The molecule has 2 N–H and O–H groups in total. The SMILES string of the molecule is CCOc1ccc(C(=O)Oc2ccc(C=NNC(=O)c3[nH]c4c(OC)ccc(OC)c4c3-c3ccccc3Cl)cc2OCC)cc1OCC. The van der Waals surface area contributed by atoms with Gasteiger partial charge in [-0.05, 0) is 80.9 Å². The maximum absolute atomic E-state index is 13.6. The van der Waals surface area contributed by atoms with Crippen molar-refractivity contribution in [1.82, 2.24) is 10.4 Å². The number of carbonyl (C=O) groups excluding carboxylic acids is 2. The number of aromatic nitrogens is 1. The lowest BCUT2D eigenvalue weighted by Crippen LogP contribution is -2.19. The highest BCUT2D eigenvalue weighted by Gasteiger charge is 2.25. The summed E-state index contributed by atoms with van der Waals surface area (Å²) in [6.45, 7) is 6.71. The first-order valence-corrected chi connectivity index (χ1v) is 15.9. The highest BCUT2D eigenvalue weighted by atomic mass is 35.5. The van der Waals surface area contributed by atoms with E-state index in [0.29, 0.717) is 81.2 Å². The van der Waals surface area contributed by atoms with Gasteiger partial charge < -0.3 is 33.4 Å². The number of aromatic amines is 1. The third-order valence-corrected chi connectivity index (χ3v) is 7.65. The number of nitrogens with one attached hydrogen (secondary N) is 2. The molecule has 1 amide bonds. The van der Waals surface area contributed by atoms with Crippen molar-refractivity contribution in [1.29, 1.82) is 0 Å². The molecule has 11 nitrogen and oxygen atoms in total. The number of H-pyrrole nitrogens is 1. The number of carbonyl (C=O) groups is 2. The molecule has 1 heterocycles. The van der Waals surface area contributed by atoms with Crippen LogP contribution >= 0.6 is 11.6 Å². The van der Waals surface area contributed by atoms with Gasteiger partial charge in [-0.15, -0.1) is 0 Å². The Bertz CT molecular complexity index is 2010. The number of halogens is 1. The van der Waals surface area contributed by atoms with Gasteiger partial charge in [-0.3, -0.25) is 4.79 Å². The molecule has 0 aliphatic heterocycles. The van der Waals surface area contributed by atoms with Gasteiger partial charge in [0.2, 0.25) is 0 Å². The summed E-state index contributed by atoms with van der Waals surface area (Å²) in [7, 11) is 3.10. The summed E-state index contributed by atoms with van der Waals surface area (Å²) in [5.41, 5.74) is 5.39. The van der Waals surface area contributed by atoms with Crippen LogP contribution in [-0.2, 0) is 0 Å². The van der Waals surface area contributed by atoms with Crippen molar-refractivity contribution < 1.29 is 38.0 Å². The van der Waals surface area contributed by atoms with E-state index in [4.69, 9.17) is 40.0 Å². The fourth-order valence-corrected chi connectivity index (χ4v) is 5.44. The fourth-order valence-electron chi connectivity index (χ4n) is 5.21. The number of esters is 1. The van der Waals surface area contributed by atoms with Crippen LogP contribution in [-0.4, -0.2) is 57.1 Å². The number of rotatable bonds is 14. The Morgan fingerprint density at radius 3 is 2.10 bits per heavy atom. The fraction of sp³-hybridized carbons (Fsp3) is 0.216. The smallest absolute Gasteiger partial charge is 0.343 e. The third-order valence-electron chi connectivity index (χ3n) is 7.32. The van der Waals surface area contributed by atoms with Crippen molar-refractivity contribution in [3.05, 3.63) is 94.6 Å². The van der Waals surface area contributed by atoms with Gasteiger partial charge in [0.15, 0.2) is 23.0 Å². The van der Waals surface area contributed by atoms with Crippen LogP contribution in [0.2, 0.25) is 5.02 Å². The van der Waals surface area contributed by atoms with Crippen molar-refractivity contribution in [2.24, 2.45) is 5.10 Å². The number of hydrogen-bond donors (Lipinski definition) is 2. The number of methoxy groups -OCH3 is 2. The first-order chi connectivity index (χ1) is 23.8. The molecular formula is C37H36ClN3O8. The lowest BCUT2D eigenvalue weighted by Gasteiger charge is -2.13. The minimum atomic E-state index is -0.598. The predicted octanol–water partition coefficient (Wildman–Crippen LogP) is 7.68. The van der Waals surface area contributed by atoms with E-state index in [1.165, 1.54) is 6.21 Å². The Labute approximate surface area is 288 Å². The van der Waals surface area contributed by atoms with E-state index in [2.05, 4.69) is 15.5 Å². The molecule has 1 aromatic heterocycles. The third kappa shape index (κ3) is 7.57. The molecule has 0 aliphatic carbocycles. The molecule has 0 fully saturated rings. The highest BCUT2D eigenvalue weighted by molar-refractivity contribution is 6.34. The zero-order chi connectivity index (χ0) is 34.9. The standard InChI is InChI=1S/C37H36ClN3O8/c1-6-46-26-16-14-23(20-31(26)48-8-3)37(43)49-27-15-13-22(19-30(27)47-7-2)21-39-41-36(42)35-32(24-11-9-10-12-25(24)38)33-28(44-4)17-18-29(45-5)34(33)40-35/h9-21,40H,6-8H2,1-5H3,(H,41,42). The number of hydrazone groups is 1. The number of ether oxygens (including phenoxy) is 6. The largest absolute Gasteiger partial charge is 0.496 e. The molecule has 0 radical (unpaired) electrons. The van der Waals surface area contributed by atoms with E-state index in [-0.39, 0.29) is 17.0 Å². The molecule has 0 aliphatic rings. The van der Waals surface area contributed by atoms with Gasteiger partial charge in [0.1, 0.15) is 17.2 Å². The summed E-state index contributed by atoms with van der Waals surface area (Å²) < 4.78 is 33.9. The maximum Gasteiger partial charge on any atom is 0.343 e. The molecule has 254 valence electrons. The van der Waals surface area contributed by atoms with Crippen LogP contribution in [0.25, 0.3) is 22.0 Å². The summed E-state index contributed by atoms with van der Waals surface area (Å²) in [5, 5.41) is 5.28. The maximum atomic E-state index is 13.6. The predicted molar refractivity (Wildman–Crippen MR) is 188 cm³/mol. The van der Waals surface area contributed by atoms with Crippen molar-refractivity contribution in [3.63, 3.8) is 0 Å². The van der Waals surface area contributed by atoms with E-state index < -0.39 is 11.9 Å². The Morgan fingerprint density at radius 2 is 1.41 bits per heavy atom. The molecule has 5 rings (SSSR count). The number of benzene rings is 4. The Morgan fingerprint density at radius 1 is 0.776 bits per heavy atom. The van der Waals surface area contributed by atoms with E-state index >= 15 is 0 Å². The van der Waals surface area contributed by atoms with E-state index in [9.17, 15) is 9.59 Å². The van der Waals surface area contributed by atoms with Gasteiger partial charge in [-0.2, -0.15) is 5.10 Å². The average molecular weight is 686 g/mol. The highest BCUT2D eigenvalue weighted by Crippen LogP contribution is 2.44. The van der Waals surface area contributed by atoms with Crippen LogP contribution in [0.3, 0.4) is 0 Å². The van der Waals surface area contributed by atoms with Crippen LogP contribution in [0.1, 0.15) is 47.2 Å². The van der Waals surface area contributed by atoms with Gasteiger partial charge in [0.05, 0.1) is 56.7 Å². The second kappa shape index (κ2) is 15.9. The second-order valence-electron chi connectivity index (χ2n) is 10.3. The minimum Gasteiger partial charge on any atom is -0.496 e. The summed E-state index contributed by atoms with van der Waals surface area (Å²) in [5.74, 6) is 1.45. The van der Waals surface area contributed by atoms with Gasteiger partial charge in [-0.25, -0.2) is 10.2 Å². The summed E-state index contributed by atoms with van der Waals surface area (Å²) in [4.78, 5) is 29.9. The van der Waals surface area contributed by atoms with Crippen LogP contribution in [0.4, 0.5) is 0 Å². The molecule has 0 unspecified atom stereocenters. The summed E-state index contributed by atoms with van der Waals surface area (Å²) in [6.07, 6.45) is 1.45. The minimum absolute atomic E-state index is 0.210. The van der Waals surface area contributed by atoms with Gasteiger partial charge >= 0.3 is 5.97 Å². The average Bonchev–Trinajstić information content (AvgIpc) is 3.51. The monoisotopic (exact) mass is 685 g/mol. The molecule has 12 heteroatoms.